The van der Waals surface area contributed by atoms with Gasteiger partial charge in [-0.2, -0.15) is 0 Å². The number of sulfonamides is 1. The van der Waals surface area contributed by atoms with Gasteiger partial charge < -0.3 is 15.4 Å². The molecule has 0 heterocycles. The molecule has 0 bridgehead atoms. The second-order valence-corrected chi connectivity index (χ2v) is 9.92. The Morgan fingerprint density at radius 2 is 1.63 bits per heavy atom. The molecule has 9 heteroatoms. The Balaban J connectivity index is 1.35. The largest absolute Gasteiger partial charge is 0.494 e. The summed E-state index contributed by atoms with van der Waals surface area (Å²) in [6.07, 6.45) is 1.88. The molecule has 3 aromatic carbocycles. The lowest BCUT2D eigenvalue weighted by molar-refractivity contribution is -0.117. The van der Waals surface area contributed by atoms with Crippen molar-refractivity contribution >= 4 is 33.2 Å². The van der Waals surface area contributed by atoms with E-state index in [1.165, 1.54) is 18.2 Å². The van der Waals surface area contributed by atoms with Gasteiger partial charge in [-0.1, -0.05) is 18.2 Å². The Hall–Kier alpha value is -3.85. The van der Waals surface area contributed by atoms with Gasteiger partial charge in [0.1, 0.15) is 5.75 Å². The van der Waals surface area contributed by atoms with E-state index in [1.54, 1.807) is 42.5 Å². The fourth-order valence-corrected chi connectivity index (χ4v) is 4.49. The Morgan fingerprint density at radius 3 is 2.29 bits per heavy atom. The lowest BCUT2D eigenvalue weighted by Crippen LogP contribution is -2.23. The summed E-state index contributed by atoms with van der Waals surface area (Å²) in [6.45, 7) is 2.65. The number of carbonyl (C=O) groups is 2. The summed E-state index contributed by atoms with van der Waals surface area (Å²) in [5.74, 6) is 0.420. The van der Waals surface area contributed by atoms with Gasteiger partial charge in [-0.05, 0) is 79.9 Å². The molecule has 0 radical (unpaired) electrons. The average Bonchev–Trinajstić information content (AvgIpc) is 3.71. The Bertz CT molecular complexity index is 1300. The quantitative estimate of drug-likeness (QED) is 0.392. The average molecular weight is 494 g/mol. The van der Waals surface area contributed by atoms with Crippen LogP contribution in [0.4, 0.5) is 11.4 Å². The molecule has 3 aromatic rings. The number of benzene rings is 3. The maximum Gasteiger partial charge on any atom is 0.261 e. The lowest BCUT2D eigenvalue weighted by Gasteiger charge is -2.11. The molecular weight excluding hydrogens is 466 g/mol. The molecule has 35 heavy (non-hydrogen) atoms. The summed E-state index contributed by atoms with van der Waals surface area (Å²) in [5.41, 5.74) is 2.19. The van der Waals surface area contributed by atoms with Crippen LogP contribution >= 0.6 is 0 Å². The first-order chi connectivity index (χ1) is 16.8. The van der Waals surface area contributed by atoms with E-state index in [2.05, 4.69) is 15.4 Å². The highest BCUT2D eigenvalue weighted by molar-refractivity contribution is 7.92. The standard InChI is InChI=1S/C26H27N3O5S/c1-2-34-23-14-12-22(13-15-23)29-35(32,33)24-5-3-4-20(16-24)25(30)27-17-18-6-10-21(11-7-18)28-26(31)19-8-9-19/h3-7,10-16,19,29H,2,8-9,17H2,1H3,(H,27,30)(H,28,31). The van der Waals surface area contributed by atoms with Gasteiger partial charge in [0.25, 0.3) is 15.9 Å². The van der Waals surface area contributed by atoms with Crippen LogP contribution in [0, 0.1) is 5.92 Å². The Morgan fingerprint density at radius 1 is 0.943 bits per heavy atom. The van der Waals surface area contributed by atoms with Gasteiger partial charge in [-0.25, -0.2) is 8.42 Å². The second kappa shape index (κ2) is 10.6. The van der Waals surface area contributed by atoms with Crippen LogP contribution in [-0.4, -0.2) is 26.8 Å². The van der Waals surface area contributed by atoms with Gasteiger partial charge in [0.15, 0.2) is 0 Å². The predicted octanol–water partition coefficient (Wildman–Crippen LogP) is 4.16. The number of hydrogen-bond acceptors (Lipinski definition) is 5. The van der Waals surface area contributed by atoms with Gasteiger partial charge >= 0.3 is 0 Å². The summed E-state index contributed by atoms with van der Waals surface area (Å²) in [7, 11) is -3.88. The van der Waals surface area contributed by atoms with Gasteiger partial charge in [0, 0.05) is 29.4 Å². The summed E-state index contributed by atoms with van der Waals surface area (Å²) in [4.78, 5) is 24.5. The molecule has 3 N–H and O–H groups in total. The minimum absolute atomic E-state index is 0.0187. The van der Waals surface area contributed by atoms with E-state index in [0.717, 1.165) is 24.1 Å². The van der Waals surface area contributed by atoms with E-state index in [0.29, 0.717) is 18.0 Å². The molecule has 0 aliphatic heterocycles. The number of carbonyl (C=O) groups excluding carboxylic acids is 2. The molecule has 1 fully saturated rings. The molecule has 0 aromatic heterocycles. The van der Waals surface area contributed by atoms with Crippen LogP contribution in [0.5, 0.6) is 5.75 Å². The van der Waals surface area contributed by atoms with E-state index in [-0.39, 0.29) is 28.8 Å². The zero-order valence-corrected chi connectivity index (χ0v) is 20.1. The number of nitrogens with one attached hydrogen (secondary N) is 3. The monoisotopic (exact) mass is 493 g/mol. The fraction of sp³-hybridized carbons (Fsp3) is 0.231. The van der Waals surface area contributed by atoms with Crippen molar-refractivity contribution < 1.29 is 22.7 Å². The summed E-state index contributed by atoms with van der Waals surface area (Å²) in [5, 5.41) is 5.67. The molecule has 1 aliphatic rings. The van der Waals surface area contributed by atoms with E-state index in [9.17, 15) is 18.0 Å². The highest BCUT2D eigenvalue weighted by Gasteiger charge is 2.29. The van der Waals surface area contributed by atoms with Crippen molar-refractivity contribution in [1.82, 2.24) is 5.32 Å². The van der Waals surface area contributed by atoms with Crippen LogP contribution in [0.15, 0.2) is 77.7 Å². The maximum atomic E-state index is 12.8. The first kappa shape index (κ1) is 24.3. The minimum atomic E-state index is -3.88. The van der Waals surface area contributed by atoms with Crippen LogP contribution in [0.25, 0.3) is 0 Å². The normalized spacial score (nSPS) is 13.1. The van der Waals surface area contributed by atoms with Gasteiger partial charge in [0.05, 0.1) is 11.5 Å². The maximum absolute atomic E-state index is 12.8. The predicted molar refractivity (Wildman–Crippen MR) is 134 cm³/mol. The molecule has 8 nitrogen and oxygen atoms in total. The SMILES string of the molecule is CCOc1ccc(NS(=O)(=O)c2cccc(C(=O)NCc3ccc(NC(=O)C4CC4)cc3)c2)cc1. The summed E-state index contributed by atoms with van der Waals surface area (Å²) < 4.78 is 33.5. The van der Waals surface area contributed by atoms with Crippen LogP contribution in [0.1, 0.15) is 35.7 Å². The Labute approximate surface area is 204 Å². The van der Waals surface area contributed by atoms with Crippen molar-refractivity contribution in [2.45, 2.75) is 31.2 Å². The zero-order chi connectivity index (χ0) is 24.8. The molecule has 4 rings (SSSR count). The van der Waals surface area contributed by atoms with E-state index in [1.807, 2.05) is 19.1 Å². The third kappa shape index (κ3) is 6.60. The number of anilines is 2. The second-order valence-electron chi connectivity index (χ2n) is 8.23. The van der Waals surface area contributed by atoms with Crippen molar-refractivity contribution in [2.24, 2.45) is 5.92 Å². The molecule has 1 saturated carbocycles. The van der Waals surface area contributed by atoms with Gasteiger partial charge in [0.2, 0.25) is 5.91 Å². The third-order valence-corrected chi connectivity index (χ3v) is 6.83. The van der Waals surface area contributed by atoms with Crippen molar-refractivity contribution in [3.63, 3.8) is 0 Å². The highest BCUT2D eigenvalue weighted by Crippen LogP contribution is 2.30. The zero-order valence-electron chi connectivity index (χ0n) is 19.3. The smallest absolute Gasteiger partial charge is 0.261 e. The molecule has 0 unspecified atom stereocenters. The van der Waals surface area contributed by atoms with Gasteiger partial charge in [-0.3, -0.25) is 14.3 Å². The van der Waals surface area contributed by atoms with Crippen molar-refractivity contribution in [3.8, 4) is 5.75 Å². The first-order valence-corrected chi connectivity index (χ1v) is 12.9. The number of hydrogen-bond donors (Lipinski definition) is 3. The fourth-order valence-electron chi connectivity index (χ4n) is 3.38. The molecule has 182 valence electrons. The molecular formula is C26H27N3O5S. The van der Waals surface area contributed by atoms with Crippen molar-refractivity contribution in [2.75, 3.05) is 16.6 Å². The summed E-state index contributed by atoms with van der Waals surface area (Å²) >= 11 is 0. The van der Waals surface area contributed by atoms with E-state index in [4.69, 9.17) is 4.74 Å². The molecule has 2 amide bonds. The lowest BCUT2D eigenvalue weighted by atomic mass is 10.1. The summed E-state index contributed by atoms with van der Waals surface area (Å²) in [6, 6.07) is 19.7. The van der Waals surface area contributed by atoms with Crippen LogP contribution in [0.2, 0.25) is 0 Å². The van der Waals surface area contributed by atoms with Crippen LogP contribution in [-0.2, 0) is 21.4 Å². The molecule has 0 spiro atoms. The number of ether oxygens (including phenoxy) is 1. The number of rotatable bonds is 10. The topological polar surface area (TPSA) is 114 Å². The first-order valence-electron chi connectivity index (χ1n) is 11.4. The molecule has 0 atom stereocenters. The van der Waals surface area contributed by atoms with Crippen molar-refractivity contribution in [3.05, 3.63) is 83.9 Å². The van der Waals surface area contributed by atoms with Crippen LogP contribution in [0.3, 0.4) is 0 Å². The van der Waals surface area contributed by atoms with Gasteiger partial charge in [-0.15, -0.1) is 0 Å². The van der Waals surface area contributed by atoms with E-state index < -0.39 is 15.9 Å². The van der Waals surface area contributed by atoms with E-state index >= 15 is 0 Å². The van der Waals surface area contributed by atoms with Crippen LogP contribution < -0.4 is 20.1 Å². The van der Waals surface area contributed by atoms with Crippen molar-refractivity contribution in [1.29, 1.82) is 0 Å². The Kier molecular flexibility index (Phi) is 7.36. The molecule has 0 saturated heterocycles. The highest BCUT2D eigenvalue weighted by atomic mass is 32.2. The molecule has 1 aliphatic carbocycles. The minimum Gasteiger partial charge on any atom is -0.494 e. The number of amides is 2. The third-order valence-electron chi connectivity index (χ3n) is 5.45.